The van der Waals surface area contributed by atoms with Crippen LogP contribution >= 0.6 is 11.3 Å². The van der Waals surface area contributed by atoms with Crippen molar-refractivity contribution in [2.24, 2.45) is 5.92 Å². The molecule has 7 nitrogen and oxygen atoms in total. The Morgan fingerprint density at radius 3 is 2.61 bits per heavy atom. The van der Waals surface area contributed by atoms with Crippen LogP contribution in [0.4, 0.5) is 15.1 Å². The van der Waals surface area contributed by atoms with Crippen molar-refractivity contribution >= 4 is 33.8 Å². The van der Waals surface area contributed by atoms with Gasteiger partial charge in [-0.3, -0.25) is 19.4 Å². The maximum atomic E-state index is 14.1. The van der Waals surface area contributed by atoms with E-state index in [1.165, 1.54) is 23.5 Å². The van der Waals surface area contributed by atoms with Crippen molar-refractivity contribution in [3.63, 3.8) is 0 Å². The Morgan fingerprint density at radius 2 is 1.88 bits per heavy atom. The summed E-state index contributed by atoms with van der Waals surface area (Å²) in [6.45, 7) is 6.37. The number of hydrogen-bond donors (Lipinski definition) is 3. The maximum Gasteiger partial charge on any atom is 0.259 e. The number of benzene rings is 1. The number of aliphatic hydroxyl groups excluding tert-OH is 1. The number of nitrogens with one attached hydrogen (secondary N) is 2. The van der Waals surface area contributed by atoms with E-state index >= 15 is 0 Å². The number of thiophene rings is 1. The fourth-order valence-electron chi connectivity index (χ4n) is 4.51. The Balaban J connectivity index is 1.48. The highest BCUT2D eigenvalue weighted by Gasteiger charge is 2.29. The molecule has 33 heavy (non-hydrogen) atoms. The van der Waals surface area contributed by atoms with Gasteiger partial charge < -0.3 is 15.7 Å². The standard InChI is InChI=1S/C24H31FN4O3S/c1-16-6-7-17-20(14-16)33-24(22(17)23(32)26-19-5-3-2-4-18(19)25)27-21(31)15-29-10-8-28(9-11-29)12-13-30/h2-5,16,30H,6-15H2,1H3,(H,26,32)(H,27,31)/t16-/m1/s1. The minimum Gasteiger partial charge on any atom is -0.395 e. The largest absolute Gasteiger partial charge is 0.395 e. The number of aliphatic hydroxyl groups is 1. The monoisotopic (exact) mass is 474 g/mol. The van der Waals surface area contributed by atoms with Gasteiger partial charge in [-0.1, -0.05) is 19.1 Å². The second-order valence-corrected chi connectivity index (χ2v) is 9.98. The van der Waals surface area contributed by atoms with Crippen LogP contribution in [0.1, 0.15) is 34.1 Å². The third-order valence-corrected chi connectivity index (χ3v) is 7.53. The highest BCUT2D eigenvalue weighted by atomic mass is 32.1. The van der Waals surface area contributed by atoms with Crippen molar-refractivity contribution < 1.29 is 19.1 Å². The first-order valence-corrected chi connectivity index (χ1v) is 12.3. The second kappa shape index (κ2) is 10.7. The lowest BCUT2D eigenvalue weighted by molar-refractivity contribution is -0.117. The van der Waals surface area contributed by atoms with E-state index in [0.29, 0.717) is 23.0 Å². The Hall–Kier alpha value is -2.33. The first-order chi connectivity index (χ1) is 15.9. The molecule has 2 amide bonds. The number of piperazine rings is 1. The van der Waals surface area contributed by atoms with Crippen molar-refractivity contribution in [3.05, 3.63) is 46.1 Å². The zero-order chi connectivity index (χ0) is 23.4. The van der Waals surface area contributed by atoms with Gasteiger partial charge in [0.2, 0.25) is 5.91 Å². The average Bonchev–Trinajstić information content (AvgIpc) is 3.13. The highest BCUT2D eigenvalue weighted by molar-refractivity contribution is 7.17. The maximum absolute atomic E-state index is 14.1. The molecule has 9 heteroatoms. The molecule has 2 aliphatic rings. The smallest absolute Gasteiger partial charge is 0.259 e. The molecule has 3 N–H and O–H groups in total. The number of carbonyl (C=O) groups excluding carboxylic acids is 2. The summed E-state index contributed by atoms with van der Waals surface area (Å²) < 4.78 is 14.1. The fraction of sp³-hybridized carbons (Fsp3) is 0.500. The van der Waals surface area contributed by atoms with Crippen LogP contribution in [0.25, 0.3) is 0 Å². The Bertz CT molecular complexity index is 1000. The lowest BCUT2D eigenvalue weighted by atomic mass is 9.88. The number of para-hydroxylation sites is 1. The van der Waals surface area contributed by atoms with Gasteiger partial charge >= 0.3 is 0 Å². The van der Waals surface area contributed by atoms with Crippen LogP contribution in [0.5, 0.6) is 0 Å². The zero-order valence-electron chi connectivity index (χ0n) is 18.9. The molecule has 4 rings (SSSR count). The number of halogens is 1. The summed E-state index contributed by atoms with van der Waals surface area (Å²) in [4.78, 5) is 31.5. The number of rotatable bonds is 7. The summed E-state index contributed by atoms with van der Waals surface area (Å²) in [5.41, 5.74) is 1.57. The summed E-state index contributed by atoms with van der Waals surface area (Å²) in [7, 11) is 0. The van der Waals surface area contributed by atoms with Crippen LogP contribution in [-0.4, -0.2) is 72.6 Å². The van der Waals surface area contributed by atoms with Crippen LogP contribution in [0.15, 0.2) is 24.3 Å². The van der Waals surface area contributed by atoms with Crippen molar-refractivity contribution in [3.8, 4) is 0 Å². The summed E-state index contributed by atoms with van der Waals surface area (Å²) in [6.07, 6.45) is 2.63. The fourth-order valence-corrected chi connectivity index (χ4v) is 5.93. The molecule has 1 aliphatic carbocycles. The van der Waals surface area contributed by atoms with Gasteiger partial charge in [0, 0.05) is 37.6 Å². The van der Waals surface area contributed by atoms with Crippen molar-refractivity contribution in [1.29, 1.82) is 0 Å². The van der Waals surface area contributed by atoms with Gasteiger partial charge in [-0.15, -0.1) is 11.3 Å². The highest BCUT2D eigenvalue weighted by Crippen LogP contribution is 2.40. The molecule has 1 aromatic heterocycles. The van der Waals surface area contributed by atoms with Crippen molar-refractivity contribution in [1.82, 2.24) is 9.80 Å². The van der Waals surface area contributed by atoms with Crippen LogP contribution in [0.3, 0.4) is 0 Å². The molecule has 1 saturated heterocycles. The quantitative estimate of drug-likeness (QED) is 0.575. The first-order valence-electron chi connectivity index (χ1n) is 11.5. The molecule has 2 aromatic rings. The third-order valence-electron chi connectivity index (χ3n) is 6.36. The molecule has 1 aliphatic heterocycles. The number of fused-ring (bicyclic) bond motifs is 1. The Morgan fingerprint density at radius 1 is 1.15 bits per heavy atom. The Kier molecular flexibility index (Phi) is 7.75. The number of hydrogen-bond acceptors (Lipinski definition) is 6. The van der Waals surface area contributed by atoms with E-state index in [1.807, 2.05) is 0 Å². The van der Waals surface area contributed by atoms with Crippen LogP contribution in [-0.2, 0) is 17.6 Å². The van der Waals surface area contributed by atoms with Gasteiger partial charge in [0.05, 0.1) is 24.4 Å². The van der Waals surface area contributed by atoms with Crippen molar-refractivity contribution in [2.45, 2.75) is 26.2 Å². The molecular formula is C24H31FN4O3S. The number of nitrogens with zero attached hydrogens (tertiary/aromatic N) is 2. The van der Waals surface area contributed by atoms with E-state index in [1.54, 1.807) is 12.1 Å². The second-order valence-electron chi connectivity index (χ2n) is 8.88. The molecule has 0 saturated carbocycles. The lowest BCUT2D eigenvalue weighted by Gasteiger charge is -2.33. The normalized spacial score (nSPS) is 19.2. The van der Waals surface area contributed by atoms with Gasteiger partial charge in [0.1, 0.15) is 10.8 Å². The first kappa shape index (κ1) is 23.8. The van der Waals surface area contributed by atoms with Gasteiger partial charge in [-0.25, -0.2) is 4.39 Å². The molecule has 0 unspecified atom stereocenters. The molecule has 178 valence electrons. The van der Waals surface area contributed by atoms with E-state index in [4.69, 9.17) is 5.11 Å². The molecular weight excluding hydrogens is 443 g/mol. The van der Waals surface area contributed by atoms with Gasteiger partial charge in [-0.05, 0) is 42.9 Å². The van der Waals surface area contributed by atoms with Gasteiger partial charge in [-0.2, -0.15) is 0 Å². The summed E-state index contributed by atoms with van der Waals surface area (Å²) >= 11 is 1.47. The van der Waals surface area contributed by atoms with E-state index in [0.717, 1.165) is 55.9 Å². The minimum absolute atomic E-state index is 0.129. The predicted molar refractivity (Wildman–Crippen MR) is 128 cm³/mol. The zero-order valence-corrected chi connectivity index (χ0v) is 19.7. The van der Waals surface area contributed by atoms with E-state index in [-0.39, 0.29) is 30.7 Å². The number of carbonyl (C=O) groups is 2. The summed E-state index contributed by atoms with van der Waals surface area (Å²) in [6, 6.07) is 6.09. The third kappa shape index (κ3) is 5.78. The topological polar surface area (TPSA) is 84.9 Å². The van der Waals surface area contributed by atoms with Crippen LogP contribution in [0, 0.1) is 11.7 Å². The van der Waals surface area contributed by atoms with E-state index < -0.39 is 5.82 Å². The molecule has 1 atom stereocenters. The molecule has 0 radical (unpaired) electrons. The average molecular weight is 475 g/mol. The Labute approximate surface area is 197 Å². The molecule has 0 bridgehead atoms. The van der Waals surface area contributed by atoms with Crippen molar-refractivity contribution in [2.75, 3.05) is 56.5 Å². The lowest BCUT2D eigenvalue weighted by Crippen LogP contribution is -2.49. The number of anilines is 2. The van der Waals surface area contributed by atoms with Gasteiger partial charge in [0.25, 0.3) is 5.91 Å². The molecule has 2 heterocycles. The summed E-state index contributed by atoms with van der Waals surface area (Å²) in [5, 5.41) is 15.3. The van der Waals surface area contributed by atoms with Crippen LogP contribution in [0.2, 0.25) is 0 Å². The van der Waals surface area contributed by atoms with E-state index in [9.17, 15) is 14.0 Å². The van der Waals surface area contributed by atoms with Gasteiger partial charge in [0.15, 0.2) is 0 Å². The predicted octanol–water partition coefficient (Wildman–Crippen LogP) is 2.81. The molecule has 1 aromatic carbocycles. The molecule has 1 fully saturated rings. The minimum atomic E-state index is -0.491. The van der Waals surface area contributed by atoms with E-state index in [2.05, 4.69) is 27.4 Å². The number of β-amino-alcohol motifs (C(OH)–C–C–N with tert-alkyl or cyclic N) is 1. The SMILES string of the molecule is C[C@@H]1CCc2c(sc(NC(=O)CN3CCN(CCO)CC3)c2C(=O)Nc2ccccc2F)C1. The number of amides is 2. The van der Waals surface area contributed by atoms with Crippen LogP contribution < -0.4 is 10.6 Å². The summed E-state index contributed by atoms with van der Waals surface area (Å²) in [5.74, 6) is -0.510. The molecule has 0 spiro atoms.